The zero-order valence-electron chi connectivity index (χ0n) is 16.6. The van der Waals surface area contributed by atoms with Gasteiger partial charge in [0.2, 0.25) is 11.8 Å². The number of amides is 1. The molecule has 1 aromatic heterocycles. The number of hydrogen-bond acceptors (Lipinski definition) is 5. The molecule has 0 fully saturated rings. The van der Waals surface area contributed by atoms with Crippen LogP contribution in [-0.2, 0) is 11.2 Å². The van der Waals surface area contributed by atoms with Crippen molar-refractivity contribution in [3.8, 4) is 17.2 Å². The molecule has 0 bridgehead atoms. The van der Waals surface area contributed by atoms with E-state index < -0.39 is 11.9 Å². The van der Waals surface area contributed by atoms with E-state index in [1.54, 1.807) is 63.5 Å². The van der Waals surface area contributed by atoms with E-state index in [1.807, 2.05) is 0 Å². The predicted molar refractivity (Wildman–Crippen MR) is 106 cm³/mol. The Morgan fingerprint density at radius 2 is 2.03 bits per heavy atom. The molecule has 0 spiro atoms. The Hall–Kier alpha value is -3.19. The first-order chi connectivity index (χ1) is 13.9. The summed E-state index contributed by atoms with van der Waals surface area (Å²) in [5.41, 5.74) is 1.34. The van der Waals surface area contributed by atoms with Gasteiger partial charge in [-0.1, -0.05) is 24.3 Å². The van der Waals surface area contributed by atoms with Crippen LogP contribution in [0.2, 0.25) is 0 Å². The Bertz CT molecular complexity index is 1000. The molecule has 0 radical (unpaired) electrons. The van der Waals surface area contributed by atoms with Crippen molar-refractivity contribution in [1.29, 1.82) is 0 Å². The number of nitrogens with zero attached hydrogens (tertiary/aromatic N) is 2. The number of ether oxygens (including phenoxy) is 1. The molecule has 1 heterocycles. The van der Waals surface area contributed by atoms with Crippen LogP contribution in [0.4, 0.5) is 4.39 Å². The van der Waals surface area contributed by atoms with Gasteiger partial charge in [0, 0.05) is 7.05 Å². The quantitative estimate of drug-likeness (QED) is 0.659. The lowest BCUT2D eigenvalue weighted by Gasteiger charge is -2.21. The average Bonchev–Trinajstić information content (AvgIpc) is 3.08. The predicted octanol–water partition coefficient (Wildman–Crippen LogP) is 3.53. The third-order valence-electron chi connectivity index (χ3n) is 4.67. The number of aliphatic hydroxyl groups is 1. The van der Waals surface area contributed by atoms with Crippen LogP contribution in [0, 0.1) is 12.7 Å². The number of carbonyl (C=O) groups excluding carboxylic acids is 1. The monoisotopic (exact) mass is 398 g/mol. The second kappa shape index (κ2) is 8.87. The normalized spacial score (nSPS) is 11.9. The fourth-order valence-electron chi connectivity index (χ4n) is 2.94. The highest BCUT2D eigenvalue weighted by molar-refractivity contribution is 5.78. The lowest BCUT2D eigenvalue weighted by atomic mass is 10.1. The Balaban J connectivity index is 1.67. The largest absolute Gasteiger partial charge is 0.497 e. The zero-order chi connectivity index (χ0) is 21.0. The molecule has 1 atom stereocenters. The summed E-state index contributed by atoms with van der Waals surface area (Å²) < 4.78 is 24.7. The van der Waals surface area contributed by atoms with Gasteiger partial charge in [0.25, 0.3) is 0 Å². The van der Waals surface area contributed by atoms with Gasteiger partial charge in [-0.25, -0.2) is 9.37 Å². The van der Waals surface area contributed by atoms with Crippen molar-refractivity contribution in [1.82, 2.24) is 9.88 Å². The minimum atomic E-state index is -0.855. The second-order valence-corrected chi connectivity index (χ2v) is 6.75. The molecular weight excluding hydrogens is 375 g/mol. The van der Waals surface area contributed by atoms with Crippen molar-refractivity contribution in [2.45, 2.75) is 19.4 Å². The maximum absolute atomic E-state index is 14.0. The van der Waals surface area contributed by atoms with Crippen molar-refractivity contribution in [3.05, 3.63) is 71.4 Å². The number of aryl methyl sites for hydroxylation is 1. The third kappa shape index (κ3) is 4.81. The smallest absolute Gasteiger partial charge is 0.229 e. The first kappa shape index (κ1) is 20.5. The van der Waals surface area contributed by atoms with E-state index in [4.69, 9.17) is 9.15 Å². The Morgan fingerprint density at radius 1 is 1.28 bits per heavy atom. The first-order valence-corrected chi connectivity index (χ1v) is 9.16. The number of oxazole rings is 1. The maximum atomic E-state index is 14.0. The van der Waals surface area contributed by atoms with Crippen LogP contribution in [0.25, 0.3) is 11.5 Å². The molecule has 0 aliphatic carbocycles. The summed E-state index contributed by atoms with van der Waals surface area (Å²) in [6.07, 6.45) is -0.864. The molecule has 0 saturated heterocycles. The summed E-state index contributed by atoms with van der Waals surface area (Å²) in [5.74, 6) is 0.559. The summed E-state index contributed by atoms with van der Waals surface area (Å²) in [6.45, 7) is 1.80. The van der Waals surface area contributed by atoms with Crippen LogP contribution < -0.4 is 4.74 Å². The van der Waals surface area contributed by atoms with Crippen molar-refractivity contribution in [2.75, 3.05) is 20.7 Å². The third-order valence-corrected chi connectivity index (χ3v) is 4.67. The van der Waals surface area contributed by atoms with Gasteiger partial charge in [0.1, 0.15) is 17.3 Å². The summed E-state index contributed by atoms with van der Waals surface area (Å²) in [7, 11) is 3.16. The van der Waals surface area contributed by atoms with Crippen LogP contribution in [-0.4, -0.2) is 41.6 Å². The number of aromatic nitrogens is 1. The van der Waals surface area contributed by atoms with E-state index >= 15 is 0 Å². The molecule has 0 saturated carbocycles. The first-order valence-electron chi connectivity index (χ1n) is 9.16. The summed E-state index contributed by atoms with van der Waals surface area (Å²) in [5, 5.41) is 10.4. The highest BCUT2D eigenvalue weighted by atomic mass is 19.1. The van der Waals surface area contributed by atoms with Gasteiger partial charge in [-0.15, -0.1) is 0 Å². The van der Waals surface area contributed by atoms with E-state index in [1.165, 1.54) is 11.0 Å². The summed E-state index contributed by atoms with van der Waals surface area (Å²) >= 11 is 0. The molecule has 1 unspecified atom stereocenters. The van der Waals surface area contributed by atoms with Crippen LogP contribution in [0.3, 0.4) is 0 Å². The molecule has 152 valence electrons. The molecule has 0 aliphatic heterocycles. The Morgan fingerprint density at radius 3 is 2.76 bits per heavy atom. The summed E-state index contributed by atoms with van der Waals surface area (Å²) in [6, 6.07) is 13.2. The van der Waals surface area contributed by atoms with Gasteiger partial charge in [0.05, 0.1) is 37.4 Å². The molecule has 3 rings (SSSR count). The van der Waals surface area contributed by atoms with Crippen LogP contribution in [0.1, 0.15) is 23.1 Å². The molecule has 3 aromatic rings. The maximum Gasteiger partial charge on any atom is 0.229 e. The summed E-state index contributed by atoms with van der Waals surface area (Å²) in [4.78, 5) is 18.3. The van der Waals surface area contributed by atoms with E-state index in [0.717, 1.165) is 0 Å². The van der Waals surface area contributed by atoms with Crippen LogP contribution in [0.15, 0.2) is 52.9 Å². The van der Waals surface area contributed by atoms with Gasteiger partial charge in [-0.05, 0) is 36.8 Å². The molecule has 1 N–H and O–H groups in total. The minimum Gasteiger partial charge on any atom is -0.497 e. The minimum absolute atomic E-state index is 0.00881. The van der Waals surface area contributed by atoms with Crippen molar-refractivity contribution >= 4 is 5.91 Å². The topological polar surface area (TPSA) is 75.8 Å². The van der Waals surface area contributed by atoms with E-state index in [2.05, 4.69) is 4.98 Å². The highest BCUT2D eigenvalue weighted by Crippen LogP contribution is 2.25. The van der Waals surface area contributed by atoms with Gasteiger partial charge < -0.3 is 19.2 Å². The molecule has 6 nitrogen and oxygen atoms in total. The van der Waals surface area contributed by atoms with E-state index in [-0.39, 0.29) is 30.3 Å². The van der Waals surface area contributed by atoms with E-state index in [0.29, 0.717) is 22.8 Å². The van der Waals surface area contributed by atoms with Gasteiger partial charge in [-0.2, -0.15) is 0 Å². The van der Waals surface area contributed by atoms with Crippen LogP contribution >= 0.6 is 0 Å². The fraction of sp³-hybridized carbons (Fsp3) is 0.273. The number of rotatable bonds is 7. The SMILES string of the molecule is COc1cccc(C(O)CN(C)C(=O)Cc2nc(-c3ccccc3F)oc2C)c1. The van der Waals surface area contributed by atoms with Gasteiger partial charge in [-0.3, -0.25) is 4.79 Å². The highest BCUT2D eigenvalue weighted by Gasteiger charge is 2.20. The van der Waals surface area contributed by atoms with Crippen molar-refractivity contribution < 1.29 is 23.4 Å². The second-order valence-electron chi connectivity index (χ2n) is 6.75. The lowest BCUT2D eigenvalue weighted by Crippen LogP contribution is -2.32. The molecule has 29 heavy (non-hydrogen) atoms. The number of benzene rings is 2. The number of methoxy groups -OCH3 is 1. The Labute approximate surface area is 168 Å². The number of aliphatic hydroxyl groups excluding tert-OH is 1. The number of hydrogen-bond donors (Lipinski definition) is 1. The number of likely N-dealkylation sites (N-methyl/N-ethyl adjacent to an activating group) is 1. The zero-order valence-corrected chi connectivity index (χ0v) is 16.6. The Kier molecular flexibility index (Phi) is 6.29. The molecular formula is C22H23FN2O4. The van der Waals surface area contributed by atoms with Crippen molar-refractivity contribution in [3.63, 3.8) is 0 Å². The van der Waals surface area contributed by atoms with Crippen LogP contribution in [0.5, 0.6) is 5.75 Å². The molecule has 2 aromatic carbocycles. The number of halogens is 1. The number of carbonyl (C=O) groups is 1. The van der Waals surface area contributed by atoms with Gasteiger partial charge in [0.15, 0.2) is 0 Å². The molecule has 7 heteroatoms. The van der Waals surface area contributed by atoms with Crippen molar-refractivity contribution in [2.24, 2.45) is 0 Å². The average molecular weight is 398 g/mol. The molecule has 0 aliphatic rings. The molecule has 1 amide bonds. The van der Waals surface area contributed by atoms with E-state index in [9.17, 15) is 14.3 Å². The van der Waals surface area contributed by atoms with Gasteiger partial charge >= 0.3 is 0 Å². The lowest BCUT2D eigenvalue weighted by molar-refractivity contribution is -0.130. The standard InChI is InChI=1S/C22H23FN2O4/c1-14-19(24-22(29-14)17-9-4-5-10-18(17)23)12-21(27)25(2)13-20(26)15-7-6-8-16(11-15)28-3/h4-11,20,26H,12-13H2,1-3H3. The fourth-order valence-corrected chi connectivity index (χ4v) is 2.94.